The minimum Gasteiger partial charge on any atom is -0.480 e. The van der Waals surface area contributed by atoms with Crippen molar-refractivity contribution < 1.29 is 14.6 Å². The lowest BCUT2D eigenvalue weighted by atomic mass is 9.88. The maximum Gasteiger partial charge on any atom is 0.320 e. The van der Waals surface area contributed by atoms with Gasteiger partial charge in [0.05, 0.1) is 13.2 Å². The van der Waals surface area contributed by atoms with Gasteiger partial charge in [0.25, 0.3) is 0 Å². The molecule has 0 aliphatic carbocycles. The van der Waals surface area contributed by atoms with Gasteiger partial charge in [0, 0.05) is 13.1 Å². The fraction of sp³-hybridized carbons (Fsp3) is 0.917. The van der Waals surface area contributed by atoms with Gasteiger partial charge in [0.15, 0.2) is 0 Å². The molecule has 0 bridgehead atoms. The second kappa shape index (κ2) is 5.64. The third-order valence-corrected chi connectivity index (χ3v) is 2.94. The first kappa shape index (κ1) is 13.5. The van der Waals surface area contributed by atoms with Crippen LogP contribution in [0.15, 0.2) is 0 Å². The van der Waals surface area contributed by atoms with Gasteiger partial charge in [-0.05, 0) is 18.3 Å². The van der Waals surface area contributed by atoms with Gasteiger partial charge >= 0.3 is 5.97 Å². The summed E-state index contributed by atoms with van der Waals surface area (Å²) in [5.74, 6) is -0.703. The molecule has 0 saturated carbocycles. The number of carboxylic acids is 1. The minimum atomic E-state index is -0.703. The summed E-state index contributed by atoms with van der Waals surface area (Å²) in [6.07, 6.45) is 1.65. The zero-order chi connectivity index (χ0) is 12.2. The summed E-state index contributed by atoms with van der Waals surface area (Å²) >= 11 is 0. The van der Waals surface area contributed by atoms with Crippen LogP contribution in [0, 0.1) is 5.41 Å². The Morgan fingerprint density at radius 2 is 1.94 bits per heavy atom. The highest BCUT2D eigenvalue weighted by atomic mass is 16.5. The smallest absolute Gasteiger partial charge is 0.320 e. The predicted octanol–water partition coefficient (Wildman–Crippen LogP) is 1.60. The molecule has 4 heteroatoms. The number of hydrogen-bond donors (Lipinski definition) is 1. The lowest BCUT2D eigenvalue weighted by molar-refractivity contribution is -0.145. The summed E-state index contributed by atoms with van der Waals surface area (Å²) < 4.78 is 5.24. The number of aliphatic carboxylic acids is 1. The molecular formula is C12H23NO3. The summed E-state index contributed by atoms with van der Waals surface area (Å²) in [7, 11) is 0. The third kappa shape index (κ3) is 4.49. The van der Waals surface area contributed by atoms with Crippen molar-refractivity contribution in [1.82, 2.24) is 4.90 Å². The molecular weight excluding hydrogens is 206 g/mol. The van der Waals surface area contributed by atoms with Crippen LogP contribution in [0.25, 0.3) is 0 Å². The second-order valence-electron chi connectivity index (χ2n) is 5.60. The van der Waals surface area contributed by atoms with Crippen molar-refractivity contribution in [2.45, 2.75) is 39.7 Å². The average Bonchev–Trinajstić information content (AvgIpc) is 2.17. The molecule has 0 aromatic heterocycles. The molecule has 94 valence electrons. The van der Waals surface area contributed by atoms with Crippen LogP contribution in [0.4, 0.5) is 0 Å². The Kier molecular flexibility index (Phi) is 4.74. The largest absolute Gasteiger partial charge is 0.480 e. The molecule has 1 rings (SSSR count). The van der Waals surface area contributed by atoms with E-state index in [1.807, 2.05) is 4.90 Å². The Hall–Kier alpha value is -0.610. The van der Waals surface area contributed by atoms with Crippen molar-refractivity contribution >= 4 is 5.97 Å². The first-order valence-electron chi connectivity index (χ1n) is 5.95. The van der Waals surface area contributed by atoms with Crippen LogP contribution < -0.4 is 0 Å². The molecule has 0 amide bonds. The standard InChI is InChI=1S/C12H23NO3/c1-12(2,3)5-4-10(11(14)15)13-6-8-16-9-7-13/h10H,4-9H2,1-3H3,(H,14,15). The highest BCUT2D eigenvalue weighted by Gasteiger charge is 2.28. The van der Waals surface area contributed by atoms with E-state index >= 15 is 0 Å². The van der Waals surface area contributed by atoms with Crippen molar-refractivity contribution in [3.8, 4) is 0 Å². The fourth-order valence-electron chi connectivity index (χ4n) is 1.92. The van der Waals surface area contributed by atoms with Crippen LogP contribution in [-0.4, -0.2) is 48.3 Å². The molecule has 16 heavy (non-hydrogen) atoms. The molecule has 1 heterocycles. The van der Waals surface area contributed by atoms with E-state index in [1.54, 1.807) is 0 Å². The summed E-state index contributed by atoms with van der Waals surface area (Å²) in [5.41, 5.74) is 0.194. The zero-order valence-corrected chi connectivity index (χ0v) is 10.5. The molecule has 0 aromatic carbocycles. The van der Waals surface area contributed by atoms with Gasteiger partial charge in [0.2, 0.25) is 0 Å². The van der Waals surface area contributed by atoms with E-state index in [9.17, 15) is 9.90 Å². The van der Waals surface area contributed by atoms with Crippen LogP contribution in [0.2, 0.25) is 0 Å². The highest BCUT2D eigenvalue weighted by Crippen LogP contribution is 2.23. The van der Waals surface area contributed by atoms with Crippen molar-refractivity contribution in [2.75, 3.05) is 26.3 Å². The van der Waals surface area contributed by atoms with Crippen molar-refractivity contribution in [1.29, 1.82) is 0 Å². The molecule has 0 spiro atoms. The lowest BCUT2D eigenvalue weighted by Crippen LogP contribution is -2.47. The van der Waals surface area contributed by atoms with Gasteiger partial charge in [-0.2, -0.15) is 0 Å². The molecule has 4 nitrogen and oxygen atoms in total. The summed E-state index contributed by atoms with van der Waals surface area (Å²) in [5, 5.41) is 9.24. The Labute approximate surface area is 97.6 Å². The highest BCUT2D eigenvalue weighted by molar-refractivity contribution is 5.73. The van der Waals surface area contributed by atoms with Crippen LogP contribution in [0.3, 0.4) is 0 Å². The molecule has 1 aliphatic heterocycles. The van der Waals surface area contributed by atoms with Gasteiger partial charge in [-0.25, -0.2) is 0 Å². The molecule has 1 unspecified atom stereocenters. The van der Waals surface area contributed by atoms with E-state index < -0.39 is 5.97 Å². The Morgan fingerprint density at radius 3 is 2.38 bits per heavy atom. The van der Waals surface area contributed by atoms with Crippen LogP contribution in [-0.2, 0) is 9.53 Å². The zero-order valence-electron chi connectivity index (χ0n) is 10.5. The van der Waals surface area contributed by atoms with Crippen LogP contribution in [0.1, 0.15) is 33.6 Å². The van der Waals surface area contributed by atoms with E-state index in [0.717, 1.165) is 25.9 Å². The fourth-order valence-corrected chi connectivity index (χ4v) is 1.92. The number of carboxylic acid groups (broad SMARTS) is 1. The van der Waals surface area contributed by atoms with Crippen LogP contribution >= 0.6 is 0 Å². The van der Waals surface area contributed by atoms with E-state index in [-0.39, 0.29) is 11.5 Å². The maximum atomic E-state index is 11.2. The Morgan fingerprint density at radius 1 is 1.38 bits per heavy atom. The minimum absolute atomic E-state index is 0.194. The van der Waals surface area contributed by atoms with Crippen molar-refractivity contribution in [2.24, 2.45) is 5.41 Å². The number of rotatable bonds is 4. The maximum absolute atomic E-state index is 11.2. The summed E-state index contributed by atoms with van der Waals surface area (Å²) in [4.78, 5) is 13.3. The van der Waals surface area contributed by atoms with Crippen molar-refractivity contribution in [3.63, 3.8) is 0 Å². The van der Waals surface area contributed by atoms with Gasteiger partial charge in [-0.1, -0.05) is 20.8 Å². The topological polar surface area (TPSA) is 49.8 Å². The molecule has 0 radical (unpaired) electrons. The third-order valence-electron chi connectivity index (χ3n) is 2.94. The first-order valence-corrected chi connectivity index (χ1v) is 5.95. The van der Waals surface area contributed by atoms with E-state index in [2.05, 4.69) is 20.8 Å². The molecule has 1 N–H and O–H groups in total. The molecule has 0 aromatic rings. The Bertz CT molecular complexity index is 229. The first-order chi connectivity index (χ1) is 7.40. The number of hydrogen-bond acceptors (Lipinski definition) is 3. The van der Waals surface area contributed by atoms with Gasteiger partial charge in [0.1, 0.15) is 6.04 Å². The van der Waals surface area contributed by atoms with Gasteiger partial charge < -0.3 is 9.84 Å². The quantitative estimate of drug-likeness (QED) is 0.795. The Balaban J connectivity index is 2.49. The van der Waals surface area contributed by atoms with E-state index in [4.69, 9.17) is 4.74 Å². The predicted molar refractivity (Wildman–Crippen MR) is 62.5 cm³/mol. The lowest BCUT2D eigenvalue weighted by Gasteiger charge is -2.33. The molecule has 1 aliphatic rings. The van der Waals surface area contributed by atoms with Crippen molar-refractivity contribution in [3.05, 3.63) is 0 Å². The number of morpholine rings is 1. The summed E-state index contributed by atoms with van der Waals surface area (Å²) in [6.45, 7) is 9.21. The number of carbonyl (C=O) groups is 1. The number of nitrogens with zero attached hydrogens (tertiary/aromatic N) is 1. The molecule has 1 atom stereocenters. The summed E-state index contributed by atoms with van der Waals surface area (Å²) in [6, 6.07) is -0.344. The normalized spacial score (nSPS) is 20.7. The van der Waals surface area contributed by atoms with Gasteiger partial charge in [-0.15, -0.1) is 0 Å². The van der Waals surface area contributed by atoms with E-state index in [0.29, 0.717) is 13.2 Å². The van der Waals surface area contributed by atoms with Gasteiger partial charge in [-0.3, -0.25) is 9.69 Å². The molecule has 1 fully saturated rings. The molecule has 1 saturated heterocycles. The second-order valence-corrected chi connectivity index (χ2v) is 5.60. The monoisotopic (exact) mass is 229 g/mol. The number of ether oxygens (including phenoxy) is 1. The van der Waals surface area contributed by atoms with E-state index in [1.165, 1.54) is 0 Å². The average molecular weight is 229 g/mol. The van der Waals surface area contributed by atoms with Crippen LogP contribution in [0.5, 0.6) is 0 Å². The SMILES string of the molecule is CC(C)(C)CCC(C(=O)O)N1CCOCC1.